The Morgan fingerprint density at radius 2 is 2.22 bits per heavy atom. The molecule has 6 nitrogen and oxygen atoms in total. The third-order valence-electron chi connectivity index (χ3n) is 1.85. The topological polar surface area (TPSA) is 97.5 Å². The average Bonchev–Trinajstić information content (AvgIpc) is 2.34. The number of aliphatic hydroxyl groups is 1. The van der Waals surface area contributed by atoms with E-state index in [1.54, 1.807) is 0 Å². The zero-order valence-electron chi connectivity index (χ0n) is 8.94. The molecule has 0 aromatic carbocycles. The number of alkyl halides is 3. The summed E-state index contributed by atoms with van der Waals surface area (Å²) in [4.78, 5) is 14.7. The highest BCUT2D eigenvalue weighted by Gasteiger charge is 2.38. The van der Waals surface area contributed by atoms with Gasteiger partial charge in [0.2, 0.25) is 5.88 Å². The van der Waals surface area contributed by atoms with Crippen LogP contribution in [0.3, 0.4) is 0 Å². The van der Waals surface area contributed by atoms with Gasteiger partial charge < -0.3 is 9.84 Å². The molecule has 1 atom stereocenters. The first-order chi connectivity index (χ1) is 8.34. The van der Waals surface area contributed by atoms with Crippen molar-refractivity contribution in [2.45, 2.75) is 12.3 Å². The number of nitrogens with zero attached hydrogens (tertiary/aromatic N) is 1. The lowest BCUT2D eigenvalue weighted by molar-refractivity contribution is -0.210. The molecule has 9 heteroatoms. The Bertz CT molecular complexity index is 425. The Hall–Kier alpha value is -1.87. The summed E-state index contributed by atoms with van der Waals surface area (Å²) in [5, 5.41) is 8.69. The van der Waals surface area contributed by atoms with Crippen molar-refractivity contribution in [1.29, 1.82) is 0 Å². The number of aromatic nitrogens is 1. The third-order valence-corrected chi connectivity index (χ3v) is 1.85. The van der Waals surface area contributed by atoms with Gasteiger partial charge in [-0.3, -0.25) is 10.2 Å². The van der Waals surface area contributed by atoms with Crippen LogP contribution >= 0.6 is 0 Å². The molecule has 18 heavy (non-hydrogen) atoms. The fraction of sp³-hybridized carbons (Fsp3) is 0.333. The summed E-state index contributed by atoms with van der Waals surface area (Å²) in [7, 11) is 0. The standard InChI is InChI=1S/C9H10F3N3O3/c10-9(11,12)6(16)4-18-7-3-1-2-5(14-7)8(17)15-13/h1-3,6,16H,4,13H2,(H,15,17). The zero-order chi connectivity index (χ0) is 13.8. The van der Waals surface area contributed by atoms with Crippen LogP contribution in [0.4, 0.5) is 13.2 Å². The van der Waals surface area contributed by atoms with E-state index in [2.05, 4.69) is 9.72 Å². The number of carbonyl (C=O) groups is 1. The van der Waals surface area contributed by atoms with Gasteiger partial charge in [0.25, 0.3) is 5.91 Å². The number of hydrogen-bond acceptors (Lipinski definition) is 5. The van der Waals surface area contributed by atoms with Crippen LogP contribution in [0, 0.1) is 0 Å². The summed E-state index contributed by atoms with van der Waals surface area (Å²) in [6, 6.07) is 3.90. The van der Waals surface area contributed by atoms with Gasteiger partial charge in [-0.2, -0.15) is 13.2 Å². The number of pyridine rings is 1. The first kappa shape index (κ1) is 14.2. The van der Waals surface area contributed by atoms with Crippen LogP contribution in [0.1, 0.15) is 10.5 Å². The van der Waals surface area contributed by atoms with Crippen molar-refractivity contribution < 1.29 is 27.8 Å². The van der Waals surface area contributed by atoms with Crippen molar-refractivity contribution in [2.75, 3.05) is 6.61 Å². The van der Waals surface area contributed by atoms with E-state index in [1.807, 2.05) is 5.43 Å². The quantitative estimate of drug-likeness (QED) is 0.404. The molecule has 0 saturated heterocycles. The predicted octanol–water partition coefficient (Wildman–Crippen LogP) is -0.0129. The van der Waals surface area contributed by atoms with Gasteiger partial charge in [0.15, 0.2) is 6.10 Å². The molecule has 0 radical (unpaired) electrons. The zero-order valence-corrected chi connectivity index (χ0v) is 8.94. The lowest BCUT2D eigenvalue weighted by atomic mass is 10.3. The van der Waals surface area contributed by atoms with E-state index < -0.39 is 24.8 Å². The molecular formula is C9H10F3N3O3. The Balaban J connectivity index is 2.66. The van der Waals surface area contributed by atoms with Gasteiger partial charge in [0, 0.05) is 6.07 Å². The maximum Gasteiger partial charge on any atom is 0.417 e. The second kappa shape index (κ2) is 5.65. The van der Waals surface area contributed by atoms with E-state index >= 15 is 0 Å². The van der Waals surface area contributed by atoms with Crippen molar-refractivity contribution in [3.8, 4) is 5.88 Å². The van der Waals surface area contributed by atoms with Crippen molar-refractivity contribution in [2.24, 2.45) is 5.84 Å². The monoisotopic (exact) mass is 265 g/mol. The van der Waals surface area contributed by atoms with E-state index in [0.717, 1.165) is 0 Å². The van der Waals surface area contributed by atoms with Crippen molar-refractivity contribution >= 4 is 5.91 Å². The molecule has 0 bridgehead atoms. The van der Waals surface area contributed by atoms with Crippen LogP contribution in [0.2, 0.25) is 0 Å². The Kier molecular flexibility index (Phi) is 4.45. The lowest BCUT2D eigenvalue weighted by Gasteiger charge is -2.14. The van der Waals surface area contributed by atoms with Gasteiger partial charge in [-0.05, 0) is 6.07 Å². The molecule has 1 rings (SSSR count). The number of rotatable bonds is 4. The smallest absolute Gasteiger partial charge is 0.417 e. The summed E-state index contributed by atoms with van der Waals surface area (Å²) >= 11 is 0. The number of nitrogens with two attached hydrogens (primary N) is 1. The highest BCUT2D eigenvalue weighted by molar-refractivity contribution is 5.91. The molecule has 0 aliphatic carbocycles. The van der Waals surface area contributed by atoms with Crippen LogP contribution in [-0.4, -0.2) is 34.9 Å². The van der Waals surface area contributed by atoms with Gasteiger partial charge in [-0.25, -0.2) is 10.8 Å². The van der Waals surface area contributed by atoms with Gasteiger partial charge in [-0.15, -0.1) is 0 Å². The van der Waals surface area contributed by atoms with Crippen molar-refractivity contribution in [3.05, 3.63) is 23.9 Å². The molecule has 1 unspecified atom stereocenters. The Morgan fingerprint density at radius 1 is 1.56 bits per heavy atom. The molecule has 0 aliphatic rings. The van der Waals surface area contributed by atoms with Crippen LogP contribution in [0.5, 0.6) is 5.88 Å². The predicted molar refractivity (Wildman–Crippen MR) is 53.4 cm³/mol. The summed E-state index contributed by atoms with van der Waals surface area (Å²) in [6.45, 7) is -1.01. The number of aliphatic hydroxyl groups excluding tert-OH is 1. The number of amides is 1. The van der Waals surface area contributed by atoms with Crippen LogP contribution in [0.15, 0.2) is 18.2 Å². The van der Waals surface area contributed by atoms with Crippen LogP contribution in [-0.2, 0) is 0 Å². The summed E-state index contributed by atoms with van der Waals surface area (Å²) < 4.78 is 40.6. The fourth-order valence-electron chi connectivity index (χ4n) is 0.954. The number of nitrogen functional groups attached to an aromatic ring is 1. The molecule has 4 N–H and O–H groups in total. The van der Waals surface area contributed by atoms with E-state index in [9.17, 15) is 18.0 Å². The molecule has 100 valence electrons. The number of ether oxygens (including phenoxy) is 1. The largest absolute Gasteiger partial charge is 0.475 e. The van der Waals surface area contributed by atoms with Crippen molar-refractivity contribution in [1.82, 2.24) is 10.4 Å². The highest BCUT2D eigenvalue weighted by atomic mass is 19.4. The number of hydrogen-bond donors (Lipinski definition) is 3. The third kappa shape index (κ3) is 3.86. The van der Waals surface area contributed by atoms with E-state index in [4.69, 9.17) is 10.9 Å². The Labute approximate surface area is 99.5 Å². The van der Waals surface area contributed by atoms with Gasteiger partial charge in [-0.1, -0.05) is 6.07 Å². The molecule has 0 saturated carbocycles. The van der Waals surface area contributed by atoms with E-state index in [0.29, 0.717) is 0 Å². The van der Waals surface area contributed by atoms with Crippen LogP contribution in [0.25, 0.3) is 0 Å². The number of hydrazine groups is 1. The maximum atomic E-state index is 12.0. The molecule has 1 aromatic rings. The van der Waals surface area contributed by atoms with Crippen molar-refractivity contribution in [3.63, 3.8) is 0 Å². The lowest BCUT2D eigenvalue weighted by Crippen LogP contribution is -2.34. The number of carbonyl (C=O) groups excluding carboxylic acids is 1. The fourth-order valence-corrected chi connectivity index (χ4v) is 0.954. The first-order valence-electron chi connectivity index (χ1n) is 4.70. The molecule has 1 aromatic heterocycles. The summed E-state index contributed by atoms with van der Waals surface area (Å²) in [5.74, 6) is 3.93. The molecule has 0 spiro atoms. The molecule has 1 heterocycles. The maximum absolute atomic E-state index is 12.0. The van der Waals surface area contributed by atoms with Gasteiger partial charge in [0.05, 0.1) is 0 Å². The molecule has 0 aliphatic heterocycles. The second-order valence-electron chi connectivity index (χ2n) is 3.20. The number of nitrogens with one attached hydrogen (secondary N) is 1. The van der Waals surface area contributed by atoms with Gasteiger partial charge in [0.1, 0.15) is 12.3 Å². The molecule has 1 amide bonds. The summed E-state index contributed by atoms with van der Waals surface area (Å²) in [5.41, 5.74) is 1.70. The minimum Gasteiger partial charge on any atom is -0.475 e. The summed E-state index contributed by atoms with van der Waals surface area (Å²) in [6.07, 6.45) is -7.39. The van der Waals surface area contributed by atoms with E-state index in [-0.39, 0.29) is 11.6 Å². The minimum atomic E-state index is -4.77. The van der Waals surface area contributed by atoms with E-state index in [1.165, 1.54) is 18.2 Å². The second-order valence-corrected chi connectivity index (χ2v) is 3.20. The van der Waals surface area contributed by atoms with Gasteiger partial charge >= 0.3 is 6.18 Å². The highest BCUT2D eigenvalue weighted by Crippen LogP contribution is 2.20. The number of halogens is 3. The SMILES string of the molecule is NNC(=O)c1cccc(OCC(O)C(F)(F)F)n1. The first-order valence-corrected chi connectivity index (χ1v) is 4.70. The minimum absolute atomic E-state index is 0.114. The van der Waals surface area contributed by atoms with Crippen LogP contribution < -0.4 is 16.0 Å². The average molecular weight is 265 g/mol. The molecule has 0 fully saturated rings. The molecular weight excluding hydrogens is 255 g/mol. The normalized spacial score (nSPS) is 12.9. The Morgan fingerprint density at radius 3 is 2.78 bits per heavy atom.